The molecule has 1 atom stereocenters. The second-order valence-corrected chi connectivity index (χ2v) is 5.70. The highest BCUT2D eigenvalue weighted by molar-refractivity contribution is 6.31. The van der Waals surface area contributed by atoms with Crippen molar-refractivity contribution < 1.29 is 4.74 Å². The summed E-state index contributed by atoms with van der Waals surface area (Å²) >= 11 is 6.15. The Morgan fingerprint density at radius 2 is 2.12 bits per heavy atom. The van der Waals surface area contributed by atoms with Crippen molar-refractivity contribution in [2.75, 3.05) is 13.6 Å². The minimum Gasteiger partial charge on any atom is -0.472 e. The Morgan fingerprint density at radius 3 is 2.72 bits per heavy atom. The van der Waals surface area contributed by atoms with E-state index in [1.165, 1.54) is 0 Å². The smallest absolute Gasteiger partial charge is 0.233 e. The Balaban J connectivity index is 0.00000151. The fraction of sp³-hybridized carbons (Fsp3) is 0.474. The number of hydrogen-bond donors (Lipinski definition) is 1. The van der Waals surface area contributed by atoms with Crippen LogP contribution in [0.3, 0.4) is 0 Å². The molecular weight excluding hydrogens is 336 g/mol. The molecule has 0 saturated heterocycles. The third kappa shape index (κ3) is 6.41. The maximum absolute atomic E-state index is 8.84. The molecule has 2 aromatic rings. The molecule has 0 amide bonds. The van der Waals surface area contributed by atoms with Crippen molar-refractivity contribution in [1.29, 1.82) is 5.26 Å². The van der Waals surface area contributed by atoms with Crippen LogP contribution >= 0.6 is 11.6 Å². The molecule has 5 nitrogen and oxygen atoms in total. The summed E-state index contributed by atoms with van der Waals surface area (Å²) in [6.07, 6.45) is 3.99. The predicted molar refractivity (Wildman–Crippen MR) is 102 cm³/mol. The Hall–Kier alpha value is -2.03. The van der Waals surface area contributed by atoms with Gasteiger partial charge in [-0.25, -0.2) is 0 Å². The van der Waals surface area contributed by atoms with E-state index < -0.39 is 0 Å². The van der Waals surface area contributed by atoms with Crippen LogP contribution in [0.2, 0.25) is 5.02 Å². The van der Waals surface area contributed by atoms with Crippen LogP contribution in [0.25, 0.3) is 0 Å². The summed E-state index contributed by atoms with van der Waals surface area (Å²) in [5.74, 6) is 0.577. The van der Waals surface area contributed by atoms with Gasteiger partial charge in [0, 0.05) is 22.8 Å². The largest absolute Gasteiger partial charge is 0.472 e. The average Bonchev–Trinajstić information content (AvgIpc) is 3.12. The molecule has 1 aromatic carbocycles. The minimum atomic E-state index is 0.328. The molecular formula is C19H27ClN4O. The Kier molecular flexibility index (Phi) is 9.68. The fourth-order valence-electron chi connectivity index (χ4n) is 2.32. The van der Waals surface area contributed by atoms with Crippen LogP contribution in [-0.4, -0.2) is 23.4 Å². The number of ether oxygens (including phenoxy) is 1. The second kappa shape index (κ2) is 11.5. The SMILES string of the molecule is CC.CCC(CCNC)n1ccc(OCc2ccc(C#N)cc2Cl)n1. The number of hydrogen-bond acceptors (Lipinski definition) is 4. The van der Waals surface area contributed by atoms with E-state index in [2.05, 4.69) is 23.4 Å². The van der Waals surface area contributed by atoms with Crippen LogP contribution in [-0.2, 0) is 6.61 Å². The van der Waals surface area contributed by atoms with Crippen molar-refractivity contribution in [3.8, 4) is 11.9 Å². The van der Waals surface area contributed by atoms with E-state index in [1.54, 1.807) is 18.2 Å². The lowest BCUT2D eigenvalue weighted by molar-refractivity contribution is 0.284. The van der Waals surface area contributed by atoms with Crippen LogP contribution < -0.4 is 10.1 Å². The summed E-state index contributed by atoms with van der Waals surface area (Å²) in [5.41, 5.74) is 1.38. The molecule has 0 aliphatic heterocycles. The second-order valence-electron chi connectivity index (χ2n) is 5.29. The summed E-state index contributed by atoms with van der Waals surface area (Å²) in [7, 11) is 1.95. The molecule has 0 bridgehead atoms. The quantitative estimate of drug-likeness (QED) is 0.746. The average molecular weight is 363 g/mol. The van der Waals surface area contributed by atoms with Gasteiger partial charge in [-0.3, -0.25) is 4.68 Å². The molecule has 0 fully saturated rings. The third-order valence-electron chi connectivity index (χ3n) is 3.71. The first-order chi connectivity index (χ1) is 12.2. The predicted octanol–water partition coefficient (Wildman–Crippen LogP) is 4.57. The maximum atomic E-state index is 8.84. The Morgan fingerprint density at radius 1 is 1.36 bits per heavy atom. The summed E-state index contributed by atoms with van der Waals surface area (Å²) in [6.45, 7) is 7.43. The molecule has 0 aliphatic rings. The molecule has 25 heavy (non-hydrogen) atoms. The Bertz CT molecular complexity index is 678. The van der Waals surface area contributed by atoms with E-state index in [4.69, 9.17) is 21.6 Å². The minimum absolute atomic E-state index is 0.328. The van der Waals surface area contributed by atoms with Crippen LogP contribution in [0, 0.1) is 11.3 Å². The van der Waals surface area contributed by atoms with E-state index in [9.17, 15) is 0 Å². The first-order valence-electron chi connectivity index (χ1n) is 8.69. The van der Waals surface area contributed by atoms with Gasteiger partial charge in [-0.15, -0.1) is 5.10 Å². The zero-order valence-electron chi connectivity index (χ0n) is 15.4. The Labute approximate surface area is 155 Å². The molecule has 1 unspecified atom stereocenters. The van der Waals surface area contributed by atoms with Crippen molar-refractivity contribution >= 4 is 11.6 Å². The van der Waals surface area contributed by atoms with Gasteiger partial charge in [0.15, 0.2) is 0 Å². The highest BCUT2D eigenvalue weighted by atomic mass is 35.5. The number of benzene rings is 1. The normalized spacial score (nSPS) is 11.2. The lowest BCUT2D eigenvalue weighted by atomic mass is 10.1. The molecule has 136 valence electrons. The summed E-state index contributed by atoms with van der Waals surface area (Å²) in [4.78, 5) is 0. The third-order valence-corrected chi connectivity index (χ3v) is 4.07. The first kappa shape index (κ1) is 21.0. The first-order valence-corrected chi connectivity index (χ1v) is 9.06. The van der Waals surface area contributed by atoms with Crippen molar-refractivity contribution in [3.63, 3.8) is 0 Å². The maximum Gasteiger partial charge on any atom is 0.233 e. The number of halogens is 1. The van der Waals surface area contributed by atoms with Crippen LogP contribution in [0.1, 0.15) is 50.8 Å². The lowest BCUT2D eigenvalue weighted by Gasteiger charge is -2.15. The van der Waals surface area contributed by atoms with Gasteiger partial charge in [-0.05, 0) is 38.6 Å². The molecule has 0 radical (unpaired) electrons. The van der Waals surface area contributed by atoms with Crippen molar-refractivity contribution in [3.05, 3.63) is 46.6 Å². The van der Waals surface area contributed by atoms with Gasteiger partial charge in [-0.2, -0.15) is 5.26 Å². The standard InChI is InChI=1S/C17H21ClN4O.C2H6/c1-3-15(6-8-20-2)22-9-7-17(21-22)23-12-14-5-4-13(11-19)10-16(14)18;1-2/h4-5,7,9-10,15,20H,3,6,8,12H2,1-2H3;1-2H3. The molecule has 1 heterocycles. The molecule has 1 N–H and O–H groups in total. The molecule has 0 saturated carbocycles. The van der Waals surface area contributed by atoms with Crippen molar-refractivity contribution in [2.45, 2.75) is 46.3 Å². The van der Waals surface area contributed by atoms with Crippen molar-refractivity contribution in [1.82, 2.24) is 15.1 Å². The number of aromatic nitrogens is 2. The summed E-state index contributed by atoms with van der Waals surface area (Å²) in [5, 5.41) is 17.0. The highest BCUT2D eigenvalue weighted by Crippen LogP contribution is 2.21. The van der Waals surface area contributed by atoms with Gasteiger partial charge in [0.2, 0.25) is 5.88 Å². The summed E-state index contributed by atoms with van der Waals surface area (Å²) in [6, 6.07) is 9.46. The zero-order chi connectivity index (χ0) is 18.7. The van der Waals surface area contributed by atoms with E-state index in [1.807, 2.05) is 37.8 Å². The zero-order valence-corrected chi connectivity index (χ0v) is 16.2. The summed E-state index contributed by atoms with van der Waals surface area (Å²) < 4.78 is 7.66. The van der Waals surface area contributed by atoms with Gasteiger partial charge in [0.05, 0.1) is 17.7 Å². The molecule has 0 spiro atoms. The lowest BCUT2D eigenvalue weighted by Crippen LogP contribution is -2.16. The number of nitrogens with one attached hydrogen (secondary N) is 1. The highest BCUT2D eigenvalue weighted by Gasteiger charge is 2.11. The fourth-order valence-corrected chi connectivity index (χ4v) is 2.56. The van der Waals surface area contributed by atoms with Gasteiger partial charge in [0.1, 0.15) is 6.61 Å². The topological polar surface area (TPSA) is 62.9 Å². The number of rotatable bonds is 8. The van der Waals surface area contributed by atoms with E-state index in [0.717, 1.165) is 24.9 Å². The monoisotopic (exact) mass is 362 g/mol. The van der Waals surface area contributed by atoms with Gasteiger partial charge in [-0.1, -0.05) is 38.4 Å². The molecule has 0 aliphatic carbocycles. The van der Waals surface area contributed by atoms with E-state index in [0.29, 0.717) is 29.1 Å². The van der Waals surface area contributed by atoms with Gasteiger partial charge in [0.25, 0.3) is 0 Å². The van der Waals surface area contributed by atoms with E-state index >= 15 is 0 Å². The van der Waals surface area contributed by atoms with Crippen LogP contribution in [0.5, 0.6) is 5.88 Å². The van der Waals surface area contributed by atoms with Crippen molar-refractivity contribution in [2.24, 2.45) is 0 Å². The number of nitrogens with zero attached hydrogens (tertiary/aromatic N) is 3. The number of nitriles is 1. The molecule has 1 aromatic heterocycles. The molecule has 6 heteroatoms. The molecule has 2 rings (SSSR count). The van der Waals surface area contributed by atoms with Crippen LogP contribution in [0.4, 0.5) is 0 Å². The van der Waals surface area contributed by atoms with Crippen LogP contribution in [0.15, 0.2) is 30.5 Å². The van der Waals surface area contributed by atoms with E-state index in [-0.39, 0.29) is 0 Å². The van der Waals surface area contributed by atoms with Gasteiger partial charge < -0.3 is 10.1 Å². The van der Waals surface area contributed by atoms with Gasteiger partial charge >= 0.3 is 0 Å².